The number of carbonyl (C=O) groups is 1. The molecule has 1 amide bonds. The van der Waals surface area contributed by atoms with E-state index in [9.17, 15) is 4.79 Å². The summed E-state index contributed by atoms with van der Waals surface area (Å²) in [6, 6.07) is 14.8. The highest BCUT2D eigenvalue weighted by molar-refractivity contribution is 6.30. The standard InChI is InChI=1S/C20H22ClNO3/c1-20(2)13-25-18(15-5-4-6-16(21)11-15)12-22(20)19(23)14-7-9-17(24-3)10-8-14/h4-11,18H,12-13H2,1-3H3. The van der Waals surface area contributed by atoms with Crippen molar-refractivity contribution >= 4 is 17.5 Å². The van der Waals surface area contributed by atoms with Crippen LogP contribution >= 0.6 is 11.6 Å². The van der Waals surface area contributed by atoms with Crippen molar-refractivity contribution in [2.45, 2.75) is 25.5 Å². The maximum atomic E-state index is 13.1. The van der Waals surface area contributed by atoms with E-state index in [1.165, 1.54) is 0 Å². The first-order valence-electron chi connectivity index (χ1n) is 8.24. The zero-order valence-corrected chi connectivity index (χ0v) is 15.4. The molecule has 25 heavy (non-hydrogen) atoms. The van der Waals surface area contributed by atoms with E-state index in [4.69, 9.17) is 21.1 Å². The monoisotopic (exact) mass is 359 g/mol. The maximum absolute atomic E-state index is 13.1. The van der Waals surface area contributed by atoms with Gasteiger partial charge in [0.25, 0.3) is 5.91 Å². The van der Waals surface area contributed by atoms with Crippen molar-refractivity contribution in [3.8, 4) is 5.75 Å². The lowest BCUT2D eigenvalue weighted by atomic mass is 9.97. The highest BCUT2D eigenvalue weighted by Gasteiger charge is 2.38. The lowest BCUT2D eigenvalue weighted by Crippen LogP contribution is -2.56. The number of methoxy groups -OCH3 is 1. The van der Waals surface area contributed by atoms with Crippen LogP contribution in [0.1, 0.15) is 35.9 Å². The number of hydrogen-bond donors (Lipinski definition) is 0. The van der Waals surface area contributed by atoms with Crippen molar-refractivity contribution < 1.29 is 14.3 Å². The molecule has 1 aliphatic heterocycles. The van der Waals surface area contributed by atoms with Gasteiger partial charge >= 0.3 is 0 Å². The number of ether oxygens (including phenoxy) is 2. The number of benzene rings is 2. The Bertz CT molecular complexity index is 758. The third kappa shape index (κ3) is 3.80. The molecule has 132 valence electrons. The van der Waals surface area contributed by atoms with Crippen molar-refractivity contribution in [1.82, 2.24) is 4.90 Å². The Morgan fingerprint density at radius 2 is 1.96 bits per heavy atom. The van der Waals surface area contributed by atoms with Gasteiger partial charge in [-0.25, -0.2) is 0 Å². The molecule has 0 spiro atoms. The van der Waals surface area contributed by atoms with E-state index in [-0.39, 0.29) is 17.6 Å². The topological polar surface area (TPSA) is 38.8 Å². The predicted molar refractivity (Wildman–Crippen MR) is 98.3 cm³/mol. The summed E-state index contributed by atoms with van der Waals surface area (Å²) in [5, 5.41) is 0.666. The van der Waals surface area contributed by atoms with Gasteiger partial charge < -0.3 is 14.4 Å². The van der Waals surface area contributed by atoms with Gasteiger partial charge in [0, 0.05) is 10.6 Å². The largest absolute Gasteiger partial charge is 0.497 e. The minimum atomic E-state index is -0.383. The van der Waals surface area contributed by atoms with Crippen LogP contribution < -0.4 is 4.74 Å². The van der Waals surface area contributed by atoms with Crippen molar-refractivity contribution in [2.24, 2.45) is 0 Å². The maximum Gasteiger partial charge on any atom is 0.254 e. The molecule has 1 saturated heterocycles. The summed E-state index contributed by atoms with van der Waals surface area (Å²) < 4.78 is 11.2. The molecule has 2 aromatic carbocycles. The molecule has 3 rings (SSSR count). The molecule has 0 aliphatic carbocycles. The Morgan fingerprint density at radius 1 is 1.24 bits per heavy atom. The normalized spacial score (nSPS) is 19.5. The SMILES string of the molecule is COc1ccc(C(=O)N2CC(c3cccc(Cl)c3)OCC2(C)C)cc1. The van der Waals surface area contributed by atoms with Gasteiger partial charge in [-0.1, -0.05) is 23.7 Å². The number of nitrogens with zero attached hydrogens (tertiary/aromatic N) is 1. The molecule has 0 aromatic heterocycles. The fourth-order valence-corrected chi connectivity index (χ4v) is 3.20. The van der Waals surface area contributed by atoms with E-state index in [0.29, 0.717) is 23.7 Å². The molecular formula is C20H22ClNO3. The third-order valence-electron chi connectivity index (χ3n) is 4.52. The van der Waals surface area contributed by atoms with E-state index < -0.39 is 0 Å². The van der Waals surface area contributed by atoms with Crippen LogP contribution in [0.25, 0.3) is 0 Å². The van der Waals surface area contributed by atoms with Crippen molar-refractivity contribution in [3.05, 3.63) is 64.7 Å². The molecule has 0 saturated carbocycles. The fourth-order valence-electron chi connectivity index (χ4n) is 3.00. The van der Waals surface area contributed by atoms with E-state index in [2.05, 4.69) is 0 Å². The average Bonchev–Trinajstić information content (AvgIpc) is 2.61. The quantitative estimate of drug-likeness (QED) is 0.818. The highest BCUT2D eigenvalue weighted by atomic mass is 35.5. The molecule has 2 aromatic rings. The first-order chi connectivity index (χ1) is 11.9. The van der Waals surface area contributed by atoms with Crippen molar-refractivity contribution in [3.63, 3.8) is 0 Å². The van der Waals surface area contributed by atoms with Gasteiger partial charge in [-0.05, 0) is 55.8 Å². The van der Waals surface area contributed by atoms with E-state index >= 15 is 0 Å². The Balaban J connectivity index is 1.84. The molecule has 5 heteroatoms. The zero-order valence-electron chi connectivity index (χ0n) is 14.7. The number of halogens is 1. The summed E-state index contributed by atoms with van der Waals surface area (Å²) in [4.78, 5) is 14.9. The molecule has 1 unspecified atom stereocenters. The lowest BCUT2D eigenvalue weighted by molar-refractivity contribution is -0.0846. The summed E-state index contributed by atoms with van der Waals surface area (Å²) in [7, 11) is 1.61. The van der Waals surface area contributed by atoms with Crippen LogP contribution in [0.3, 0.4) is 0 Å². The van der Waals surface area contributed by atoms with Crippen molar-refractivity contribution in [2.75, 3.05) is 20.3 Å². The van der Waals surface area contributed by atoms with Crippen LogP contribution in [0.2, 0.25) is 5.02 Å². The third-order valence-corrected chi connectivity index (χ3v) is 4.75. The van der Waals surface area contributed by atoms with Gasteiger partial charge in [0.05, 0.1) is 25.8 Å². The second kappa shape index (κ2) is 7.06. The summed E-state index contributed by atoms with van der Waals surface area (Å²) >= 11 is 6.10. The second-order valence-corrected chi connectivity index (χ2v) is 7.25. The highest BCUT2D eigenvalue weighted by Crippen LogP contribution is 2.32. The van der Waals surface area contributed by atoms with E-state index in [1.807, 2.05) is 43.0 Å². The van der Waals surface area contributed by atoms with Gasteiger partial charge in [-0.3, -0.25) is 4.79 Å². The molecule has 1 aliphatic rings. The number of carbonyl (C=O) groups excluding carboxylic acids is 1. The Morgan fingerprint density at radius 3 is 2.60 bits per heavy atom. The van der Waals surface area contributed by atoms with Gasteiger partial charge in [-0.15, -0.1) is 0 Å². The minimum absolute atomic E-state index is 0.0111. The summed E-state index contributed by atoms with van der Waals surface area (Å²) in [6.07, 6.45) is -0.186. The van der Waals surface area contributed by atoms with Crippen LogP contribution in [-0.4, -0.2) is 36.6 Å². The van der Waals surface area contributed by atoms with Crippen LogP contribution in [0, 0.1) is 0 Å². The minimum Gasteiger partial charge on any atom is -0.497 e. The lowest BCUT2D eigenvalue weighted by Gasteiger charge is -2.45. The number of hydrogen-bond acceptors (Lipinski definition) is 3. The number of morpholine rings is 1. The van der Waals surface area contributed by atoms with Gasteiger partial charge in [0.2, 0.25) is 0 Å². The fraction of sp³-hybridized carbons (Fsp3) is 0.350. The first kappa shape index (κ1) is 17.8. The molecule has 0 radical (unpaired) electrons. The average molecular weight is 360 g/mol. The molecule has 1 atom stereocenters. The van der Waals surface area contributed by atoms with Crippen LogP contribution in [0.15, 0.2) is 48.5 Å². The van der Waals surface area contributed by atoms with E-state index in [1.54, 1.807) is 31.4 Å². The van der Waals surface area contributed by atoms with Crippen LogP contribution in [0.4, 0.5) is 0 Å². The van der Waals surface area contributed by atoms with Gasteiger partial charge in [0.15, 0.2) is 0 Å². The number of rotatable bonds is 3. The molecule has 1 fully saturated rings. The first-order valence-corrected chi connectivity index (χ1v) is 8.61. The summed E-state index contributed by atoms with van der Waals surface area (Å²) in [5.74, 6) is 0.720. The molecule has 1 heterocycles. The van der Waals surface area contributed by atoms with Gasteiger partial charge in [0.1, 0.15) is 11.9 Å². The Hall–Kier alpha value is -2.04. The van der Waals surface area contributed by atoms with Gasteiger partial charge in [-0.2, -0.15) is 0 Å². The predicted octanol–water partition coefficient (Wildman–Crippen LogP) is 4.34. The molecular weight excluding hydrogens is 338 g/mol. The molecule has 0 bridgehead atoms. The molecule has 4 nitrogen and oxygen atoms in total. The zero-order chi connectivity index (χ0) is 18.0. The van der Waals surface area contributed by atoms with Crippen LogP contribution in [-0.2, 0) is 4.74 Å². The summed E-state index contributed by atoms with van der Waals surface area (Å²) in [6.45, 7) is 4.98. The second-order valence-electron chi connectivity index (χ2n) is 6.81. The Labute approximate surface area is 153 Å². The molecule has 0 N–H and O–H groups in total. The van der Waals surface area contributed by atoms with Crippen LogP contribution in [0.5, 0.6) is 5.75 Å². The van der Waals surface area contributed by atoms with Crippen molar-refractivity contribution in [1.29, 1.82) is 0 Å². The smallest absolute Gasteiger partial charge is 0.254 e. The summed E-state index contributed by atoms with van der Waals surface area (Å²) in [5.41, 5.74) is 1.24. The van der Waals surface area contributed by atoms with E-state index in [0.717, 1.165) is 11.3 Å². The number of amides is 1. The Kier molecular flexibility index (Phi) is 5.02.